The van der Waals surface area contributed by atoms with Crippen LogP contribution < -0.4 is 4.90 Å². The molecule has 0 saturated carbocycles. The highest BCUT2D eigenvalue weighted by Crippen LogP contribution is 2.43. The van der Waals surface area contributed by atoms with E-state index in [2.05, 4.69) is 15.9 Å². The van der Waals surface area contributed by atoms with Crippen molar-refractivity contribution in [2.24, 2.45) is 0 Å². The van der Waals surface area contributed by atoms with E-state index in [1.165, 1.54) is 4.90 Å². The molecule has 3 aromatic carbocycles. The monoisotopic (exact) mass is 475 g/mol. The first-order valence-electron chi connectivity index (χ1n) is 9.99. The first kappa shape index (κ1) is 21.1. The number of halogens is 1. The van der Waals surface area contributed by atoms with Crippen molar-refractivity contribution in [3.8, 4) is 0 Å². The maximum atomic E-state index is 13.2. The molecule has 0 spiro atoms. The summed E-state index contributed by atoms with van der Waals surface area (Å²) in [7, 11) is 0. The summed E-state index contributed by atoms with van der Waals surface area (Å²) >= 11 is 3.46. The number of carbonyl (C=O) groups excluding carboxylic acids is 2. The van der Waals surface area contributed by atoms with Crippen LogP contribution >= 0.6 is 15.9 Å². The number of hydrogen-bond donors (Lipinski definition) is 1. The van der Waals surface area contributed by atoms with Gasteiger partial charge in [0.15, 0.2) is 0 Å². The summed E-state index contributed by atoms with van der Waals surface area (Å²) in [5.41, 5.74) is 4.90. The molecule has 1 heterocycles. The first-order valence-corrected chi connectivity index (χ1v) is 10.8. The lowest BCUT2D eigenvalue weighted by atomic mass is 9.94. The Morgan fingerprint density at radius 3 is 2.26 bits per heavy atom. The van der Waals surface area contributed by atoms with Gasteiger partial charge in [0.2, 0.25) is 0 Å². The van der Waals surface area contributed by atoms with Crippen LogP contribution in [0.5, 0.6) is 0 Å². The molecule has 1 fully saturated rings. The van der Waals surface area contributed by atoms with Gasteiger partial charge in [-0.05, 0) is 55.7 Å². The molecule has 0 aliphatic carbocycles. The van der Waals surface area contributed by atoms with Crippen LogP contribution in [0.4, 0.5) is 5.69 Å². The summed E-state index contributed by atoms with van der Waals surface area (Å²) in [5, 5.41) is 11.2. The number of carbonyl (C=O) groups is 2. The molecule has 1 atom stereocenters. The summed E-state index contributed by atoms with van der Waals surface area (Å²) < 4.78 is 0.902. The molecular formula is C26H22BrNO3. The van der Waals surface area contributed by atoms with E-state index in [0.717, 1.165) is 26.7 Å². The molecule has 1 aliphatic heterocycles. The Morgan fingerprint density at radius 1 is 0.903 bits per heavy atom. The number of Topliss-reactive ketones (excluding diaryl/α,β-unsaturated/α-hetero) is 1. The van der Waals surface area contributed by atoms with Crippen molar-refractivity contribution in [2.45, 2.75) is 26.8 Å². The molecule has 1 saturated heterocycles. The van der Waals surface area contributed by atoms with Gasteiger partial charge in [-0.2, -0.15) is 0 Å². The van der Waals surface area contributed by atoms with Gasteiger partial charge in [0, 0.05) is 15.7 Å². The fourth-order valence-corrected chi connectivity index (χ4v) is 4.30. The minimum Gasteiger partial charge on any atom is -0.507 e. The lowest BCUT2D eigenvalue weighted by Gasteiger charge is -2.27. The third kappa shape index (κ3) is 3.70. The summed E-state index contributed by atoms with van der Waals surface area (Å²) in [6.07, 6.45) is 0. The number of rotatable bonds is 3. The highest BCUT2D eigenvalue weighted by molar-refractivity contribution is 9.10. The Bertz CT molecular complexity index is 1230. The Morgan fingerprint density at radius 2 is 1.61 bits per heavy atom. The van der Waals surface area contributed by atoms with Gasteiger partial charge >= 0.3 is 0 Å². The second kappa shape index (κ2) is 8.16. The highest BCUT2D eigenvalue weighted by atomic mass is 79.9. The van der Waals surface area contributed by atoms with Gasteiger partial charge in [0.1, 0.15) is 5.76 Å². The van der Waals surface area contributed by atoms with Gasteiger partial charge in [0.05, 0.1) is 11.6 Å². The molecule has 3 aromatic rings. The van der Waals surface area contributed by atoms with E-state index in [9.17, 15) is 14.7 Å². The molecule has 156 valence electrons. The Hall–Kier alpha value is -3.18. The number of aliphatic hydroxyl groups is 1. The molecule has 1 aliphatic rings. The highest BCUT2D eigenvalue weighted by Gasteiger charge is 2.47. The molecule has 0 aromatic heterocycles. The van der Waals surface area contributed by atoms with E-state index < -0.39 is 17.7 Å². The fourth-order valence-electron chi connectivity index (χ4n) is 4.05. The van der Waals surface area contributed by atoms with Gasteiger partial charge in [-0.25, -0.2) is 0 Å². The fraction of sp³-hybridized carbons (Fsp3) is 0.154. The van der Waals surface area contributed by atoms with Gasteiger partial charge in [-0.3, -0.25) is 14.5 Å². The zero-order valence-electron chi connectivity index (χ0n) is 17.5. The maximum absolute atomic E-state index is 13.2. The second-order valence-electron chi connectivity index (χ2n) is 7.83. The third-order valence-corrected chi connectivity index (χ3v) is 6.49. The van der Waals surface area contributed by atoms with Crippen molar-refractivity contribution in [3.63, 3.8) is 0 Å². The molecule has 1 unspecified atom stereocenters. The predicted octanol–water partition coefficient (Wildman–Crippen LogP) is 6.00. The molecule has 1 N–H and O–H groups in total. The van der Waals surface area contributed by atoms with Crippen molar-refractivity contribution in [3.05, 3.63) is 105 Å². The summed E-state index contributed by atoms with van der Waals surface area (Å²) in [6, 6.07) is 19.7. The maximum Gasteiger partial charge on any atom is 0.300 e. The molecule has 0 radical (unpaired) electrons. The smallest absolute Gasteiger partial charge is 0.300 e. The number of hydrogen-bond acceptors (Lipinski definition) is 3. The average molecular weight is 476 g/mol. The third-order valence-electron chi connectivity index (χ3n) is 5.60. The normalized spacial score (nSPS) is 17.9. The Balaban J connectivity index is 1.97. The SMILES string of the molecule is Cc1ccc(N2C(=O)C(=O)/C(=C(/O)c3ccc(Br)c(C)c3)C2c2ccccc2)c(C)c1. The quantitative estimate of drug-likeness (QED) is 0.287. The standard InChI is InChI=1S/C26H22BrNO3/c1-15-9-12-21(17(3)13-15)28-23(18-7-5-4-6-8-18)22(25(30)26(28)31)24(29)19-10-11-20(27)16(2)14-19/h4-14,23,29H,1-3H3/b24-22+. The number of nitrogens with zero attached hydrogens (tertiary/aromatic N) is 1. The number of aliphatic hydroxyl groups excluding tert-OH is 1. The molecule has 1 amide bonds. The van der Waals surface area contributed by atoms with Crippen LogP contribution in [0.15, 0.2) is 76.8 Å². The van der Waals surface area contributed by atoms with E-state index in [4.69, 9.17) is 0 Å². The zero-order chi connectivity index (χ0) is 22.3. The van der Waals surface area contributed by atoms with Gasteiger partial charge in [0.25, 0.3) is 11.7 Å². The van der Waals surface area contributed by atoms with Crippen molar-refractivity contribution in [2.75, 3.05) is 4.90 Å². The number of benzene rings is 3. The second-order valence-corrected chi connectivity index (χ2v) is 8.69. The van der Waals surface area contributed by atoms with E-state index >= 15 is 0 Å². The number of ketones is 1. The number of aryl methyl sites for hydroxylation is 3. The van der Waals surface area contributed by atoms with E-state index in [1.807, 2.05) is 75.4 Å². The van der Waals surface area contributed by atoms with Crippen molar-refractivity contribution in [1.82, 2.24) is 0 Å². The molecule has 4 nitrogen and oxygen atoms in total. The van der Waals surface area contributed by atoms with E-state index in [-0.39, 0.29) is 11.3 Å². The van der Waals surface area contributed by atoms with Crippen LogP contribution in [-0.4, -0.2) is 16.8 Å². The van der Waals surface area contributed by atoms with Crippen LogP contribution in [0.25, 0.3) is 5.76 Å². The molecular weight excluding hydrogens is 454 g/mol. The van der Waals surface area contributed by atoms with Crippen LogP contribution in [0.2, 0.25) is 0 Å². The largest absolute Gasteiger partial charge is 0.507 e. The molecule has 5 heteroatoms. The van der Waals surface area contributed by atoms with Gasteiger partial charge in [-0.15, -0.1) is 0 Å². The van der Waals surface area contributed by atoms with Crippen molar-refractivity contribution >= 4 is 39.1 Å². The average Bonchev–Trinajstić information content (AvgIpc) is 3.01. The topological polar surface area (TPSA) is 57.6 Å². The van der Waals surface area contributed by atoms with Crippen molar-refractivity contribution in [1.29, 1.82) is 0 Å². The molecule has 0 bridgehead atoms. The van der Waals surface area contributed by atoms with Gasteiger partial charge in [-0.1, -0.05) is 70.0 Å². The first-order chi connectivity index (χ1) is 14.8. The lowest BCUT2D eigenvalue weighted by Crippen LogP contribution is -2.30. The van der Waals surface area contributed by atoms with Crippen molar-refractivity contribution < 1.29 is 14.7 Å². The van der Waals surface area contributed by atoms with Crippen LogP contribution in [0.3, 0.4) is 0 Å². The summed E-state index contributed by atoms with van der Waals surface area (Å²) in [5.74, 6) is -1.50. The summed E-state index contributed by atoms with van der Waals surface area (Å²) in [6.45, 7) is 5.81. The number of anilines is 1. The van der Waals surface area contributed by atoms with Gasteiger partial charge < -0.3 is 5.11 Å². The lowest BCUT2D eigenvalue weighted by molar-refractivity contribution is -0.132. The molecule has 4 rings (SSSR count). The zero-order valence-corrected chi connectivity index (χ0v) is 19.1. The number of amides is 1. The Kier molecular flexibility index (Phi) is 5.54. The van der Waals surface area contributed by atoms with Crippen LogP contribution in [-0.2, 0) is 9.59 Å². The Labute approximate surface area is 190 Å². The minimum absolute atomic E-state index is 0.0953. The van der Waals surface area contributed by atoms with Crippen LogP contribution in [0, 0.1) is 20.8 Å². The van der Waals surface area contributed by atoms with E-state index in [1.54, 1.807) is 12.1 Å². The van der Waals surface area contributed by atoms with Crippen LogP contribution in [0.1, 0.15) is 33.9 Å². The predicted molar refractivity (Wildman–Crippen MR) is 126 cm³/mol. The van der Waals surface area contributed by atoms with E-state index in [0.29, 0.717) is 11.3 Å². The minimum atomic E-state index is -0.716. The molecule has 31 heavy (non-hydrogen) atoms. The summed E-state index contributed by atoms with van der Waals surface area (Å²) in [4.78, 5) is 27.9.